The molecular weight excluding hydrogens is 296 g/mol. The summed E-state index contributed by atoms with van der Waals surface area (Å²) in [6.07, 6.45) is 2.36. The average molecular weight is 318 g/mol. The lowest BCUT2D eigenvalue weighted by molar-refractivity contribution is -0.144. The van der Waals surface area contributed by atoms with Gasteiger partial charge in [-0.25, -0.2) is 0 Å². The Balaban J connectivity index is 1.83. The fourth-order valence-electron chi connectivity index (χ4n) is 2.90. The van der Waals surface area contributed by atoms with Crippen LogP contribution >= 0.6 is 0 Å². The first-order valence-electron chi connectivity index (χ1n) is 7.82. The highest BCUT2D eigenvalue weighted by Gasteiger charge is 2.29. The third-order valence-electron chi connectivity index (χ3n) is 4.16. The first-order valence-corrected chi connectivity index (χ1v) is 7.82. The number of hydrogen-bond acceptors (Lipinski definition) is 3. The van der Waals surface area contributed by atoms with Gasteiger partial charge in [-0.1, -0.05) is 12.1 Å². The lowest BCUT2D eigenvalue weighted by Gasteiger charge is -2.25. The highest BCUT2D eigenvalue weighted by atomic mass is 16.4. The molecule has 1 aliphatic carbocycles. The average Bonchev–Trinajstić information content (AvgIpc) is 2.52. The maximum absolute atomic E-state index is 12.2. The van der Waals surface area contributed by atoms with Gasteiger partial charge in [0.1, 0.15) is 0 Å². The summed E-state index contributed by atoms with van der Waals surface area (Å²) in [6, 6.07) is 7.32. The van der Waals surface area contributed by atoms with Crippen LogP contribution in [-0.4, -0.2) is 22.9 Å². The number of benzene rings is 1. The zero-order valence-electron chi connectivity index (χ0n) is 13.2. The smallest absolute Gasteiger partial charge is 0.306 e. The summed E-state index contributed by atoms with van der Waals surface area (Å²) in [5.74, 6) is -1.35. The van der Waals surface area contributed by atoms with E-state index in [9.17, 15) is 14.4 Å². The van der Waals surface area contributed by atoms with Crippen LogP contribution in [0.25, 0.3) is 0 Å². The van der Waals surface area contributed by atoms with Crippen molar-refractivity contribution in [3.63, 3.8) is 0 Å². The Morgan fingerprint density at radius 1 is 1.13 bits per heavy atom. The summed E-state index contributed by atoms with van der Waals surface area (Å²) in [5.41, 5.74) is 1.61. The van der Waals surface area contributed by atoms with Crippen molar-refractivity contribution in [2.45, 2.75) is 39.2 Å². The largest absolute Gasteiger partial charge is 0.481 e. The van der Waals surface area contributed by atoms with Crippen LogP contribution < -0.4 is 10.6 Å². The number of nitrogens with one attached hydrogen (secondary N) is 2. The Morgan fingerprint density at radius 3 is 2.39 bits per heavy atom. The second kappa shape index (κ2) is 7.76. The number of amides is 2. The Hall–Kier alpha value is -2.37. The monoisotopic (exact) mass is 318 g/mol. The molecule has 23 heavy (non-hydrogen) atoms. The maximum Gasteiger partial charge on any atom is 0.306 e. The van der Waals surface area contributed by atoms with E-state index in [2.05, 4.69) is 10.6 Å². The molecule has 0 atom stereocenters. The Labute approximate surface area is 135 Å². The van der Waals surface area contributed by atoms with Crippen LogP contribution in [0.4, 0.5) is 5.69 Å². The molecule has 1 aromatic carbocycles. The number of anilines is 1. The molecule has 1 fully saturated rings. The van der Waals surface area contributed by atoms with Crippen LogP contribution in [0.2, 0.25) is 0 Å². The van der Waals surface area contributed by atoms with Gasteiger partial charge in [0, 0.05) is 25.1 Å². The number of carbonyl (C=O) groups is 3. The van der Waals surface area contributed by atoms with Gasteiger partial charge in [0.2, 0.25) is 11.8 Å². The lowest BCUT2D eigenvalue weighted by Crippen LogP contribution is -2.34. The van der Waals surface area contributed by atoms with Crippen molar-refractivity contribution in [3.8, 4) is 0 Å². The molecule has 6 nitrogen and oxygen atoms in total. The number of carbonyl (C=O) groups excluding carboxylic acids is 2. The summed E-state index contributed by atoms with van der Waals surface area (Å²) in [6.45, 7) is 1.84. The number of rotatable bonds is 5. The molecule has 3 N–H and O–H groups in total. The van der Waals surface area contributed by atoms with Crippen LogP contribution in [0.3, 0.4) is 0 Å². The molecule has 2 rings (SSSR count). The molecule has 2 amide bonds. The van der Waals surface area contributed by atoms with Crippen molar-refractivity contribution in [2.24, 2.45) is 11.8 Å². The fraction of sp³-hybridized carbons (Fsp3) is 0.471. The lowest BCUT2D eigenvalue weighted by atomic mass is 9.81. The minimum absolute atomic E-state index is 0.0289. The van der Waals surface area contributed by atoms with Crippen LogP contribution in [0.1, 0.15) is 38.2 Å². The molecule has 0 spiro atoms. The van der Waals surface area contributed by atoms with Crippen molar-refractivity contribution in [2.75, 3.05) is 5.32 Å². The van der Waals surface area contributed by atoms with Crippen LogP contribution in [0.15, 0.2) is 24.3 Å². The molecule has 0 heterocycles. The molecule has 1 aromatic rings. The minimum atomic E-state index is -0.765. The topological polar surface area (TPSA) is 95.5 Å². The van der Waals surface area contributed by atoms with Gasteiger partial charge >= 0.3 is 5.97 Å². The summed E-state index contributed by atoms with van der Waals surface area (Å²) in [5, 5.41) is 14.6. The van der Waals surface area contributed by atoms with Crippen LogP contribution in [0.5, 0.6) is 0 Å². The van der Waals surface area contributed by atoms with Crippen LogP contribution in [0, 0.1) is 11.8 Å². The zero-order chi connectivity index (χ0) is 16.8. The van der Waals surface area contributed by atoms with E-state index in [1.165, 1.54) is 6.92 Å². The molecule has 6 heteroatoms. The molecule has 0 aliphatic heterocycles. The molecule has 0 saturated heterocycles. The third kappa shape index (κ3) is 5.09. The Morgan fingerprint density at radius 2 is 1.78 bits per heavy atom. The summed E-state index contributed by atoms with van der Waals surface area (Å²) >= 11 is 0. The van der Waals surface area contributed by atoms with Gasteiger partial charge in [-0.2, -0.15) is 0 Å². The molecule has 0 radical (unpaired) electrons. The summed E-state index contributed by atoms with van der Waals surface area (Å²) < 4.78 is 0. The summed E-state index contributed by atoms with van der Waals surface area (Å²) in [7, 11) is 0. The first kappa shape index (κ1) is 17.0. The molecule has 1 saturated carbocycles. The van der Waals surface area contributed by atoms with Crippen molar-refractivity contribution < 1.29 is 19.5 Å². The van der Waals surface area contributed by atoms with Gasteiger partial charge in [-0.05, 0) is 43.4 Å². The first-order chi connectivity index (χ1) is 11.0. The second-order valence-corrected chi connectivity index (χ2v) is 5.99. The van der Waals surface area contributed by atoms with Gasteiger partial charge in [0.05, 0.1) is 5.92 Å². The summed E-state index contributed by atoms with van der Waals surface area (Å²) in [4.78, 5) is 34.2. The van der Waals surface area contributed by atoms with E-state index in [4.69, 9.17) is 5.11 Å². The Bertz CT molecular complexity index is 592. The van der Waals surface area contributed by atoms with E-state index in [-0.39, 0.29) is 23.7 Å². The highest BCUT2D eigenvalue weighted by Crippen LogP contribution is 2.29. The standard InChI is InChI=1S/C17H22N2O4/c1-11(20)19-15-4-2-3-12(9-15)10-18-16(21)13-5-7-14(8-6-13)17(22)23/h2-4,9,13-14H,5-8,10H2,1H3,(H,18,21)(H,19,20)(H,22,23). The van der Waals surface area contributed by atoms with Crippen LogP contribution in [-0.2, 0) is 20.9 Å². The van der Waals surface area contributed by atoms with Crippen molar-refractivity contribution in [3.05, 3.63) is 29.8 Å². The van der Waals surface area contributed by atoms with Crippen molar-refractivity contribution in [1.82, 2.24) is 5.32 Å². The molecule has 0 aromatic heterocycles. The highest BCUT2D eigenvalue weighted by molar-refractivity contribution is 5.88. The zero-order valence-corrected chi connectivity index (χ0v) is 13.2. The van der Waals surface area contributed by atoms with Crippen molar-refractivity contribution in [1.29, 1.82) is 0 Å². The Kier molecular flexibility index (Phi) is 5.73. The maximum atomic E-state index is 12.2. The van der Waals surface area contributed by atoms with E-state index < -0.39 is 5.97 Å². The molecule has 1 aliphatic rings. The second-order valence-electron chi connectivity index (χ2n) is 5.99. The van der Waals surface area contributed by atoms with E-state index in [0.717, 1.165) is 5.56 Å². The van der Waals surface area contributed by atoms with Gasteiger partial charge in [-0.3, -0.25) is 14.4 Å². The quantitative estimate of drug-likeness (QED) is 0.775. The van der Waals surface area contributed by atoms with E-state index in [1.807, 2.05) is 18.2 Å². The normalized spacial score (nSPS) is 20.6. The predicted octanol–water partition coefficient (Wildman–Crippen LogP) is 2.15. The number of carboxylic acids is 1. The fourth-order valence-corrected chi connectivity index (χ4v) is 2.90. The van der Waals surface area contributed by atoms with E-state index in [1.54, 1.807) is 6.07 Å². The van der Waals surface area contributed by atoms with E-state index >= 15 is 0 Å². The number of hydrogen-bond donors (Lipinski definition) is 3. The minimum Gasteiger partial charge on any atom is -0.481 e. The molecular formula is C17H22N2O4. The SMILES string of the molecule is CC(=O)Nc1cccc(CNC(=O)C2CCC(C(=O)O)CC2)c1. The van der Waals surface area contributed by atoms with E-state index in [0.29, 0.717) is 37.9 Å². The number of carboxylic acid groups (broad SMARTS) is 1. The van der Waals surface area contributed by atoms with Gasteiger partial charge in [0.25, 0.3) is 0 Å². The van der Waals surface area contributed by atoms with Crippen molar-refractivity contribution >= 4 is 23.5 Å². The number of aliphatic carboxylic acids is 1. The molecule has 0 unspecified atom stereocenters. The van der Waals surface area contributed by atoms with Gasteiger partial charge in [0.15, 0.2) is 0 Å². The third-order valence-corrected chi connectivity index (χ3v) is 4.16. The van der Waals surface area contributed by atoms with Gasteiger partial charge in [-0.15, -0.1) is 0 Å². The molecule has 0 bridgehead atoms. The van der Waals surface area contributed by atoms with Gasteiger partial charge < -0.3 is 15.7 Å². The predicted molar refractivity (Wildman–Crippen MR) is 85.7 cm³/mol. The molecule has 124 valence electrons.